The van der Waals surface area contributed by atoms with Crippen molar-refractivity contribution in [3.05, 3.63) is 72.4 Å². The van der Waals surface area contributed by atoms with Crippen LogP contribution in [0.15, 0.2) is 66.8 Å². The Morgan fingerprint density at radius 2 is 1.80 bits per heavy atom. The van der Waals surface area contributed by atoms with E-state index >= 15 is 0 Å². The maximum atomic E-state index is 13.0. The lowest BCUT2D eigenvalue weighted by Gasteiger charge is -2.26. The molecule has 0 saturated carbocycles. The predicted molar refractivity (Wildman–Crippen MR) is 112 cm³/mol. The first-order chi connectivity index (χ1) is 14.2. The van der Waals surface area contributed by atoms with Gasteiger partial charge in [-0.3, -0.25) is 4.79 Å². The Morgan fingerprint density at radius 1 is 1.17 bits per heavy atom. The van der Waals surface area contributed by atoms with E-state index in [-0.39, 0.29) is 11.8 Å². The van der Waals surface area contributed by atoms with Crippen LogP contribution in [0.5, 0.6) is 0 Å². The number of ether oxygens (including phenoxy) is 2. The van der Waals surface area contributed by atoms with E-state index in [1.54, 1.807) is 24.3 Å². The van der Waals surface area contributed by atoms with Gasteiger partial charge in [0.25, 0.3) is 0 Å². The maximum Gasteiger partial charge on any atom is 0.329 e. The second-order valence-corrected chi connectivity index (χ2v) is 7.30. The molecule has 0 bridgehead atoms. The molecule has 0 radical (unpaired) electrons. The van der Waals surface area contributed by atoms with E-state index in [0.29, 0.717) is 6.61 Å². The molecule has 1 amide bonds. The monoisotopic (exact) mass is 413 g/mol. The number of carbonyl (C=O) groups is 3. The van der Waals surface area contributed by atoms with Gasteiger partial charge in [0.2, 0.25) is 5.91 Å². The fourth-order valence-corrected chi connectivity index (χ4v) is 2.83. The molecule has 1 heterocycles. The third-order valence-electron chi connectivity index (χ3n) is 4.74. The van der Waals surface area contributed by atoms with Crippen molar-refractivity contribution in [3.63, 3.8) is 0 Å². The number of aliphatic carboxylic acids is 1. The molecule has 4 unspecified atom stereocenters. The minimum Gasteiger partial charge on any atom is -0.478 e. The van der Waals surface area contributed by atoms with Crippen molar-refractivity contribution in [2.45, 2.75) is 44.4 Å². The molecule has 1 saturated heterocycles. The molecule has 30 heavy (non-hydrogen) atoms. The van der Waals surface area contributed by atoms with Gasteiger partial charge in [0, 0.05) is 18.9 Å². The van der Waals surface area contributed by atoms with Crippen LogP contribution in [0.4, 0.5) is 0 Å². The molecule has 1 aliphatic rings. The summed E-state index contributed by atoms with van der Waals surface area (Å²) in [5.74, 6) is -2.20. The average molecular weight is 413 g/mol. The lowest BCUT2D eigenvalue weighted by atomic mass is 9.93. The molecular weight excluding hydrogens is 386 g/mol. The zero-order chi connectivity index (χ0) is 22.1. The van der Waals surface area contributed by atoms with Crippen LogP contribution >= 0.6 is 0 Å². The molecule has 0 spiro atoms. The maximum absolute atomic E-state index is 13.0. The molecule has 4 atom stereocenters. The smallest absolute Gasteiger partial charge is 0.329 e. The van der Waals surface area contributed by atoms with Crippen LogP contribution in [0.3, 0.4) is 0 Å². The number of carboxylic acids is 1. The van der Waals surface area contributed by atoms with Crippen LogP contribution in [0.2, 0.25) is 0 Å². The number of carbonyl (C=O) groups excluding carboxylic acids is 2. The number of hydrogen-bond acceptors (Lipinski definition) is 5. The van der Waals surface area contributed by atoms with Gasteiger partial charge in [-0.05, 0) is 18.6 Å². The molecular formula is C23H27NO6. The fourth-order valence-electron chi connectivity index (χ4n) is 2.83. The SMILES string of the molecule is CC(=O)NC(C(=O)OC(/C=C/C=C\C=C\C(=O)O)C1(C)CO1)C(C)c1ccccc1. The lowest BCUT2D eigenvalue weighted by Crippen LogP contribution is -2.46. The Hall–Kier alpha value is -3.19. The third kappa shape index (κ3) is 7.00. The van der Waals surface area contributed by atoms with Gasteiger partial charge in [0.1, 0.15) is 11.6 Å². The molecule has 1 fully saturated rings. The van der Waals surface area contributed by atoms with Crippen molar-refractivity contribution in [1.29, 1.82) is 0 Å². The zero-order valence-corrected chi connectivity index (χ0v) is 17.3. The zero-order valence-electron chi connectivity index (χ0n) is 17.3. The summed E-state index contributed by atoms with van der Waals surface area (Å²) < 4.78 is 11.2. The summed E-state index contributed by atoms with van der Waals surface area (Å²) in [7, 11) is 0. The van der Waals surface area contributed by atoms with Gasteiger partial charge in [-0.1, -0.05) is 61.6 Å². The molecule has 7 heteroatoms. The van der Waals surface area contributed by atoms with Crippen LogP contribution in [-0.4, -0.2) is 47.3 Å². The van der Waals surface area contributed by atoms with Crippen LogP contribution in [0, 0.1) is 0 Å². The Bertz CT molecular complexity index is 839. The first-order valence-corrected chi connectivity index (χ1v) is 9.64. The molecule has 0 aliphatic carbocycles. The minimum absolute atomic E-state index is 0.291. The van der Waals surface area contributed by atoms with Crippen LogP contribution in [0.25, 0.3) is 0 Å². The van der Waals surface area contributed by atoms with Crippen molar-refractivity contribution < 1.29 is 29.0 Å². The van der Waals surface area contributed by atoms with Crippen LogP contribution in [0.1, 0.15) is 32.3 Å². The van der Waals surface area contributed by atoms with Crippen molar-refractivity contribution in [2.24, 2.45) is 0 Å². The Morgan fingerprint density at radius 3 is 2.37 bits per heavy atom. The van der Waals surface area contributed by atoms with Gasteiger partial charge in [-0.15, -0.1) is 0 Å². The second-order valence-electron chi connectivity index (χ2n) is 7.30. The molecule has 1 aromatic rings. The third-order valence-corrected chi connectivity index (χ3v) is 4.74. The average Bonchev–Trinajstić information content (AvgIpc) is 3.46. The number of nitrogens with one attached hydrogen (secondary N) is 1. The molecule has 1 aliphatic heterocycles. The molecule has 1 aromatic carbocycles. The van der Waals surface area contributed by atoms with E-state index in [1.165, 1.54) is 13.0 Å². The molecule has 0 aromatic heterocycles. The highest BCUT2D eigenvalue weighted by atomic mass is 16.6. The Labute approximate surface area is 176 Å². The minimum atomic E-state index is -1.04. The van der Waals surface area contributed by atoms with E-state index < -0.39 is 29.7 Å². The van der Waals surface area contributed by atoms with Gasteiger partial charge in [0.15, 0.2) is 6.10 Å². The fraction of sp³-hybridized carbons (Fsp3) is 0.348. The number of esters is 1. The quantitative estimate of drug-likeness (QED) is 0.264. The van der Waals surface area contributed by atoms with Crippen LogP contribution < -0.4 is 5.32 Å². The normalized spacial score (nSPS) is 21.4. The number of allylic oxidation sites excluding steroid dienone is 4. The van der Waals surface area contributed by atoms with Gasteiger partial charge < -0.3 is 19.9 Å². The highest BCUT2D eigenvalue weighted by Gasteiger charge is 2.49. The summed E-state index contributed by atoms with van der Waals surface area (Å²) in [6, 6.07) is 8.57. The Balaban J connectivity index is 2.13. The van der Waals surface area contributed by atoms with E-state index in [4.69, 9.17) is 14.6 Å². The second kappa shape index (κ2) is 10.5. The van der Waals surface area contributed by atoms with Gasteiger partial charge in [-0.2, -0.15) is 0 Å². The lowest BCUT2D eigenvalue weighted by molar-refractivity contribution is -0.154. The van der Waals surface area contributed by atoms with E-state index in [0.717, 1.165) is 11.6 Å². The number of rotatable bonds is 10. The van der Waals surface area contributed by atoms with Crippen molar-refractivity contribution in [3.8, 4) is 0 Å². The van der Waals surface area contributed by atoms with E-state index in [9.17, 15) is 14.4 Å². The first kappa shape index (κ1) is 23.1. The summed E-state index contributed by atoms with van der Waals surface area (Å²) in [4.78, 5) is 35.1. The number of carboxylic acid groups (broad SMARTS) is 1. The highest BCUT2D eigenvalue weighted by molar-refractivity contribution is 5.84. The summed E-state index contributed by atoms with van der Waals surface area (Å²) in [5, 5.41) is 11.3. The first-order valence-electron chi connectivity index (χ1n) is 9.64. The van der Waals surface area contributed by atoms with E-state index in [1.807, 2.05) is 44.2 Å². The highest BCUT2D eigenvalue weighted by Crippen LogP contribution is 2.33. The molecule has 7 nitrogen and oxygen atoms in total. The molecule has 2 N–H and O–H groups in total. The van der Waals surface area contributed by atoms with E-state index in [2.05, 4.69) is 5.32 Å². The van der Waals surface area contributed by atoms with Crippen molar-refractivity contribution in [1.82, 2.24) is 5.32 Å². The molecule has 160 valence electrons. The standard InChI is InChI=1S/C23H27NO6/c1-16(18-11-7-6-8-12-18)21(24-17(2)25)22(28)30-19(23(3)15-29-23)13-9-4-5-10-14-20(26)27/h4-14,16,19,21H,15H2,1-3H3,(H,24,25)(H,26,27)/b5-4-,13-9+,14-10+. The van der Waals surface area contributed by atoms with Gasteiger partial charge in [-0.25, -0.2) is 9.59 Å². The predicted octanol–water partition coefficient (Wildman–Crippen LogP) is 2.75. The number of benzene rings is 1. The van der Waals surface area contributed by atoms with Gasteiger partial charge in [0.05, 0.1) is 6.61 Å². The topological polar surface area (TPSA) is 105 Å². The summed E-state index contributed by atoms with van der Waals surface area (Å²) in [6.45, 7) is 5.49. The Kier molecular flexibility index (Phi) is 8.12. The summed E-state index contributed by atoms with van der Waals surface area (Å²) >= 11 is 0. The summed E-state index contributed by atoms with van der Waals surface area (Å²) in [6.07, 6.45) is 8.26. The van der Waals surface area contributed by atoms with Crippen LogP contribution in [-0.2, 0) is 23.9 Å². The number of hydrogen-bond donors (Lipinski definition) is 2. The number of amides is 1. The van der Waals surface area contributed by atoms with Gasteiger partial charge >= 0.3 is 11.9 Å². The van der Waals surface area contributed by atoms with Crippen molar-refractivity contribution in [2.75, 3.05) is 6.61 Å². The molecule has 2 rings (SSSR count). The van der Waals surface area contributed by atoms with Crippen molar-refractivity contribution >= 4 is 17.8 Å². The summed E-state index contributed by atoms with van der Waals surface area (Å²) in [5.41, 5.74) is 0.274. The number of epoxide rings is 1. The largest absolute Gasteiger partial charge is 0.478 e.